The standard InChI is InChI=1S/C16H34N2O/c1-5-6-7-8-9-10-11-14-17-16(19)13-12-15-18(2,3)4/h5-15H2,1-4H3/p+1. The fraction of sp³-hybridized carbons (Fsp3) is 0.938. The Hall–Kier alpha value is -0.570. The predicted octanol–water partition coefficient (Wildman–Crippen LogP) is 3.34. The highest BCUT2D eigenvalue weighted by molar-refractivity contribution is 5.75. The second kappa shape index (κ2) is 11.3. The summed E-state index contributed by atoms with van der Waals surface area (Å²) in [5.41, 5.74) is 0. The van der Waals surface area contributed by atoms with Crippen molar-refractivity contribution in [1.82, 2.24) is 5.32 Å². The quantitative estimate of drug-likeness (QED) is 0.428. The average Bonchev–Trinajstić information content (AvgIpc) is 2.31. The number of nitrogens with zero attached hydrogens (tertiary/aromatic N) is 1. The first kappa shape index (κ1) is 18.4. The molecule has 0 bridgehead atoms. The van der Waals surface area contributed by atoms with Crippen molar-refractivity contribution in [2.45, 2.75) is 64.7 Å². The molecule has 1 amide bonds. The zero-order valence-electron chi connectivity index (χ0n) is 13.6. The van der Waals surface area contributed by atoms with E-state index in [0.29, 0.717) is 6.42 Å². The molecule has 0 aliphatic rings. The third-order valence-electron chi connectivity index (χ3n) is 3.34. The van der Waals surface area contributed by atoms with E-state index in [-0.39, 0.29) is 5.91 Å². The lowest BCUT2D eigenvalue weighted by Gasteiger charge is -2.23. The summed E-state index contributed by atoms with van der Waals surface area (Å²) < 4.78 is 0.936. The van der Waals surface area contributed by atoms with Crippen LogP contribution in [0.5, 0.6) is 0 Å². The van der Waals surface area contributed by atoms with Gasteiger partial charge in [0.1, 0.15) is 0 Å². The summed E-state index contributed by atoms with van der Waals surface area (Å²) >= 11 is 0. The fourth-order valence-corrected chi connectivity index (χ4v) is 2.11. The number of rotatable bonds is 12. The van der Waals surface area contributed by atoms with Gasteiger partial charge in [0.2, 0.25) is 5.91 Å². The number of unbranched alkanes of at least 4 members (excludes halogenated alkanes) is 6. The number of carbonyl (C=O) groups excluding carboxylic acids is 1. The SMILES string of the molecule is CCCCCCCCCNC(=O)CCC[N+](C)(C)C. The maximum Gasteiger partial charge on any atom is 0.220 e. The normalized spacial score (nSPS) is 11.6. The van der Waals surface area contributed by atoms with Crippen molar-refractivity contribution in [3.8, 4) is 0 Å². The Labute approximate surface area is 120 Å². The van der Waals surface area contributed by atoms with Gasteiger partial charge in [-0.15, -0.1) is 0 Å². The molecule has 1 N–H and O–H groups in total. The van der Waals surface area contributed by atoms with E-state index in [1.54, 1.807) is 0 Å². The van der Waals surface area contributed by atoms with Gasteiger partial charge in [-0.1, -0.05) is 45.4 Å². The molecule has 3 nitrogen and oxygen atoms in total. The first-order valence-corrected chi connectivity index (χ1v) is 8.03. The van der Waals surface area contributed by atoms with Crippen LogP contribution in [-0.4, -0.2) is 44.6 Å². The van der Waals surface area contributed by atoms with E-state index in [4.69, 9.17) is 0 Å². The fourth-order valence-electron chi connectivity index (χ4n) is 2.11. The number of hydrogen-bond donors (Lipinski definition) is 1. The van der Waals surface area contributed by atoms with Crippen molar-refractivity contribution in [2.24, 2.45) is 0 Å². The third kappa shape index (κ3) is 15.4. The number of nitrogens with one attached hydrogen (secondary N) is 1. The molecular weight excluding hydrogens is 236 g/mol. The highest BCUT2D eigenvalue weighted by Gasteiger charge is 2.08. The molecule has 0 heterocycles. The molecule has 0 fully saturated rings. The van der Waals surface area contributed by atoms with Crippen LogP contribution in [0.3, 0.4) is 0 Å². The van der Waals surface area contributed by atoms with Crippen molar-refractivity contribution < 1.29 is 9.28 Å². The van der Waals surface area contributed by atoms with Crippen molar-refractivity contribution >= 4 is 5.91 Å². The Morgan fingerprint density at radius 3 is 2.05 bits per heavy atom. The summed E-state index contributed by atoms with van der Waals surface area (Å²) in [6.07, 6.45) is 10.7. The van der Waals surface area contributed by atoms with Crippen molar-refractivity contribution in [3.63, 3.8) is 0 Å². The van der Waals surface area contributed by atoms with Gasteiger partial charge in [0, 0.05) is 19.4 Å². The molecule has 0 aliphatic heterocycles. The van der Waals surface area contributed by atoms with Gasteiger partial charge in [-0.2, -0.15) is 0 Å². The molecule has 19 heavy (non-hydrogen) atoms. The van der Waals surface area contributed by atoms with Gasteiger partial charge < -0.3 is 9.80 Å². The molecule has 0 aromatic rings. The molecule has 3 heteroatoms. The van der Waals surface area contributed by atoms with Crippen LogP contribution in [0.4, 0.5) is 0 Å². The minimum absolute atomic E-state index is 0.222. The van der Waals surface area contributed by atoms with Gasteiger partial charge in [0.05, 0.1) is 27.7 Å². The zero-order chi connectivity index (χ0) is 14.6. The van der Waals surface area contributed by atoms with Gasteiger partial charge in [-0.3, -0.25) is 4.79 Å². The van der Waals surface area contributed by atoms with Gasteiger partial charge in [0.25, 0.3) is 0 Å². The number of quaternary nitrogens is 1. The van der Waals surface area contributed by atoms with Crippen LogP contribution >= 0.6 is 0 Å². The summed E-state index contributed by atoms with van der Waals surface area (Å²) in [4.78, 5) is 11.6. The van der Waals surface area contributed by atoms with E-state index in [9.17, 15) is 4.79 Å². The second-order valence-electron chi connectivity index (χ2n) is 6.59. The minimum atomic E-state index is 0.222. The molecule has 0 saturated heterocycles. The number of amides is 1. The van der Waals surface area contributed by atoms with Crippen molar-refractivity contribution in [1.29, 1.82) is 0 Å². The monoisotopic (exact) mass is 271 g/mol. The Morgan fingerprint density at radius 1 is 0.895 bits per heavy atom. The van der Waals surface area contributed by atoms with E-state index < -0.39 is 0 Å². The van der Waals surface area contributed by atoms with E-state index in [2.05, 4.69) is 33.4 Å². The maximum atomic E-state index is 11.6. The lowest BCUT2D eigenvalue weighted by atomic mass is 10.1. The molecular formula is C16H35N2O+. The minimum Gasteiger partial charge on any atom is -0.356 e. The summed E-state index contributed by atoms with van der Waals surface area (Å²) in [5, 5.41) is 3.03. The molecule has 0 aromatic heterocycles. The summed E-state index contributed by atoms with van der Waals surface area (Å²) in [7, 11) is 6.49. The summed E-state index contributed by atoms with van der Waals surface area (Å²) in [5.74, 6) is 0.222. The Kier molecular flexibility index (Phi) is 10.9. The zero-order valence-corrected chi connectivity index (χ0v) is 13.6. The van der Waals surface area contributed by atoms with Crippen LogP contribution in [-0.2, 0) is 4.79 Å². The second-order valence-corrected chi connectivity index (χ2v) is 6.59. The van der Waals surface area contributed by atoms with Crippen LogP contribution in [0.15, 0.2) is 0 Å². The Bertz CT molecular complexity index is 221. The van der Waals surface area contributed by atoms with Gasteiger partial charge in [0.15, 0.2) is 0 Å². The van der Waals surface area contributed by atoms with Gasteiger partial charge in [-0.05, 0) is 6.42 Å². The van der Waals surface area contributed by atoms with E-state index in [1.165, 1.54) is 38.5 Å². The topological polar surface area (TPSA) is 29.1 Å². The maximum absolute atomic E-state index is 11.6. The lowest BCUT2D eigenvalue weighted by molar-refractivity contribution is -0.870. The van der Waals surface area contributed by atoms with Crippen LogP contribution in [0.25, 0.3) is 0 Å². The molecule has 0 atom stereocenters. The van der Waals surface area contributed by atoms with Crippen LogP contribution in [0.1, 0.15) is 64.7 Å². The smallest absolute Gasteiger partial charge is 0.220 e. The molecule has 0 rings (SSSR count). The van der Waals surface area contributed by atoms with Crippen molar-refractivity contribution in [3.05, 3.63) is 0 Å². The van der Waals surface area contributed by atoms with E-state index in [1.807, 2.05) is 0 Å². The van der Waals surface area contributed by atoms with Crippen LogP contribution in [0.2, 0.25) is 0 Å². The van der Waals surface area contributed by atoms with E-state index >= 15 is 0 Å². The average molecular weight is 271 g/mol. The summed E-state index contributed by atoms with van der Waals surface area (Å²) in [6.45, 7) is 4.16. The first-order chi connectivity index (χ1) is 8.95. The molecule has 0 spiro atoms. The highest BCUT2D eigenvalue weighted by Crippen LogP contribution is 2.06. The Balaban J connectivity index is 3.25. The molecule has 0 aromatic carbocycles. The number of hydrogen-bond acceptors (Lipinski definition) is 1. The van der Waals surface area contributed by atoms with Crippen LogP contribution < -0.4 is 5.32 Å². The number of carbonyl (C=O) groups is 1. The largest absolute Gasteiger partial charge is 0.356 e. The lowest BCUT2D eigenvalue weighted by Crippen LogP contribution is -2.36. The predicted molar refractivity (Wildman–Crippen MR) is 83.1 cm³/mol. The first-order valence-electron chi connectivity index (χ1n) is 8.03. The Morgan fingerprint density at radius 2 is 1.47 bits per heavy atom. The van der Waals surface area contributed by atoms with Gasteiger partial charge in [-0.25, -0.2) is 0 Å². The summed E-state index contributed by atoms with van der Waals surface area (Å²) in [6, 6.07) is 0. The molecule has 0 radical (unpaired) electrons. The van der Waals surface area contributed by atoms with E-state index in [0.717, 1.165) is 30.4 Å². The highest BCUT2D eigenvalue weighted by atomic mass is 16.1. The molecule has 0 unspecified atom stereocenters. The van der Waals surface area contributed by atoms with Crippen molar-refractivity contribution in [2.75, 3.05) is 34.2 Å². The molecule has 0 saturated carbocycles. The van der Waals surface area contributed by atoms with Gasteiger partial charge >= 0.3 is 0 Å². The van der Waals surface area contributed by atoms with Crippen LogP contribution in [0, 0.1) is 0 Å². The third-order valence-corrected chi connectivity index (χ3v) is 3.34. The molecule has 114 valence electrons. The molecule has 0 aliphatic carbocycles.